The van der Waals surface area contributed by atoms with Crippen molar-refractivity contribution in [3.63, 3.8) is 0 Å². The van der Waals surface area contributed by atoms with Gasteiger partial charge in [0.25, 0.3) is 5.91 Å². The van der Waals surface area contributed by atoms with E-state index in [9.17, 15) is 4.79 Å². The van der Waals surface area contributed by atoms with Crippen molar-refractivity contribution in [3.8, 4) is 11.5 Å². The van der Waals surface area contributed by atoms with E-state index in [-0.39, 0.29) is 18.4 Å². The summed E-state index contributed by atoms with van der Waals surface area (Å²) in [6.45, 7) is 4.49. The molecule has 3 rings (SSSR count). The second-order valence-electron chi connectivity index (χ2n) is 7.23. The fraction of sp³-hybridized carbons (Fsp3) is 0.200. The number of para-hydroxylation sites is 1. The molecule has 3 aromatic carbocycles. The van der Waals surface area contributed by atoms with Gasteiger partial charge in [0.1, 0.15) is 18.1 Å². The Bertz CT molecular complexity index is 1040. The van der Waals surface area contributed by atoms with Crippen LogP contribution in [0.4, 0.5) is 0 Å². The summed E-state index contributed by atoms with van der Waals surface area (Å²) in [6, 6.07) is 23.2. The molecule has 31 heavy (non-hydrogen) atoms. The van der Waals surface area contributed by atoms with Crippen LogP contribution in [0.2, 0.25) is 0 Å². The van der Waals surface area contributed by atoms with E-state index in [1.165, 1.54) is 0 Å². The van der Waals surface area contributed by atoms with Crippen molar-refractivity contribution in [2.45, 2.75) is 26.4 Å². The monoisotopic (exact) mass is 480 g/mol. The highest BCUT2D eigenvalue weighted by Gasteiger charge is 2.10. The van der Waals surface area contributed by atoms with E-state index in [1.807, 2.05) is 72.8 Å². The van der Waals surface area contributed by atoms with E-state index < -0.39 is 0 Å². The first kappa shape index (κ1) is 22.6. The molecule has 6 heteroatoms. The summed E-state index contributed by atoms with van der Waals surface area (Å²) < 4.78 is 12.6. The lowest BCUT2D eigenvalue weighted by molar-refractivity contribution is -0.123. The standard InChI is InChI=1S/C25H25BrN2O3/c1-18(2)22-14-21(26)12-13-24(22)31-17-25(29)28-27-15-20-10-6-7-11-23(20)30-16-19-8-4-3-5-9-19/h3-15,18H,16-17H2,1-2H3,(H,28,29)/b27-15+. The highest BCUT2D eigenvalue weighted by molar-refractivity contribution is 9.10. The molecule has 0 fully saturated rings. The van der Waals surface area contributed by atoms with Gasteiger partial charge in [-0.3, -0.25) is 4.79 Å². The predicted molar refractivity (Wildman–Crippen MR) is 127 cm³/mol. The zero-order chi connectivity index (χ0) is 22.1. The van der Waals surface area contributed by atoms with Crippen molar-refractivity contribution < 1.29 is 14.3 Å². The Morgan fingerprint density at radius 1 is 1.00 bits per heavy atom. The first-order valence-electron chi connectivity index (χ1n) is 10.0. The lowest BCUT2D eigenvalue weighted by Crippen LogP contribution is -2.25. The van der Waals surface area contributed by atoms with E-state index in [0.717, 1.165) is 21.2 Å². The Morgan fingerprint density at radius 3 is 2.52 bits per heavy atom. The van der Waals surface area contributed by atoms with E-state index >= 15 is 0 Å². The van der Waals surface area contributed by atoms with Crippen molar-refractivity contribution in [2.75, 3.05) is 6.61 Å². The van der Waals surface area contributed by atoms with Gasteiger partial charge in [-0.15, -0.1) is 0 Å². The van der Waals surface area contributed by atoms with E-state index in [0.29, 0.717) is 18.1 Å². The number of amides is 1. The number of hydrogen-bond donors (Lipinski definition) is 1. The average molecular weight is 481 g/mol. The summed E-state index contributed by atoms with van der Waals surface area (Å²) in [5.41, 5.74) is 5.39. The van der Waals surface area contributed by atoms with Crippen LogP contribution < -0.4 is 14.9 Å². The Morgan fingerprint density at radius 2 is 1.74 bits per heavy atom. The minimum absolute atomic E-state index is 0.120. The molecular formula is C25H25BrN2O3. The number of carbonyl (C=O) groups is 1. The molecule has 1 N–H and O–H groups in total. The lowest BCUT2D eigenvalue weighted by Gasteiger charge is -2.14. The zero-order valence-electron chi connectivity index (χ0n) is 17.5. The van der Waals surface area contributed by atoms with Gasteiger partial charge in [-0.2, -0.15) is 5.10 Å². The number of nitrogens with zero attached hydrogens (tertiary/aromatic N) is 1. The third-order valence-corrected chi connectivity index (χ3v) is 4.99. The summed E-state index contributed by atoms with van der Waals surface area (Å²) in [6.07, 6.45) is 1.57. The van der Waals surface area contributed by atoms with Crippen LogP contribution >= 0.6 is 15.9 Å². The van der Waals surface area contributed by atoms with Crippen molar-refractivity contribution in [2.24, 2.45) is 5.10 Å². The topological polar surface area (TPSA) is 59.9 Å². The molecule has 0 atom stereocenters. The van der Waals surface area contributed by atoms with Crippen LogP contribution in [0.3, 0.4) is 0 Å². The Balaban J connectivity index is 1.54. The highest BCUT2D eigenvalue weighted by Crippen LogP contribution is 2.29. The third-order valence-electron chi connectivity index (χ3n) is 4.50. The number of benzene rings is 3. The minimum atomic E-state index is -0.337. The normalized spacial score (nSPS) is 11.0. The number of carbonyl (C=O) groups excluding carboxylic acids is 1. The van der Waals surface area contributed by atoms with Crippen LogP contribution in [0.15, 0.2) is 82.4 Å². The van der Waals surface area contributed by atoms with Gasteiger partial charge in [-0.1, -0.05) is 72.2 Å². The summed E-state index contributed by atoms with van der Waals surface area (Å²) in [5, 5.41) is 4.05. The predicted octanol–water partition coefficient (Wildman–Crippen LogP) is 5.68. The highest BCUT2D eigenvalue weighted by atomic mass is 79.9. The number of rotatable bonds is 9. The number of ether oxygens (including phenoxy) is 2. The summed E-state index contributed by atoms with van der Waals surface area (Å²) in [5.74, 6) is 1.33. The van der Waals surface area contributed by atoms with Crippen molar-refractivity contribution in [3.05, 3.63) is 94.0 Å². The first-order valence-corrected chi connectivity index (χ1v) is 10.8. The molecule has 1 amide bonds. The molecule has 160 valence electrons. The number of hydrogen-bond acceptors (Lipinski definition) is 4. The van der Waals surface area contributed by atoms with Gasteiger partial charge in [0.2, 0.25) is 0 Å². The smallest absolute Gasteiger partial charge is 0.277 e. The molecule has 5 nitrogen and oxygen atoms in total. The van der Waals surface area contributed by atoms with E-state index in [2.05, 4.69) is 40.3 Å². The largest absolute Gasteiger partial charge is 0.488 e. The number of hydrazone groups is 1. The Labute approximate surface area is 191 Å². The van der Waals surface area contributed by atoms with Crippen LogP contribution in [-0.4, -0.2) is 18.7 Å². The molecule has 0 radical (unpaired) electrons. The molecule has 0 aromatic heterocycles. The molecule has 0 unspecified atom stereocenters. The molecule has 0 aliphatic carbocycles. The molecule has 0 spiro atoms. The summed E-state index contributed by atoms with van der Waals surface area (Å²) in [4.78, 5) is 12.2. The second kappa shape index (κ2) is 11.3. The van der Waals surface area contributed by atoms with Crippen LogP contribution in [0.1, 0.15) is 36.5 Å². The number of nitrogens with one attached hydrogen (secondary N) is 1. The Kier molecular flexibility index (Phi) is 8.24. The van der Waals surface area contributed by atoms with Crippen molar-refractivity contribution in [1.29, 1.82) is 0 Å². The first-order chi connectivity index (χ1) is 15.0. The molecular weight excluding hydrogens is 456 g/mol. The minimum Gasteiger partial charge on any atom is -0.488 e. The zero-order valence-corrected chi connectivity index (χ0v) is 19.1. The van der Waals surface area contributed by atoms with Gasteiger partial charge in [-0.25, -0.2) is 5.43 Å². The summed E-state index contributed by atoms with van der Waals surface area (Å²) in [7, 11) is 0. The van der Waals surface area contributed by atoms with Gasteiger partial charge < -0.3 is 9.47 Å². The summed E-state index contributed by atoms with van der Waals surface area (Å²) >= 11 is 3.47. The average Bonchev–Trinajstić information content (AvgIpc) is 2.78. The number of halogens is 1. The van der Waals surface area contributed by atoms with Gasteiger partial charge in [0, 0.05) is 10.0 Å². The molecule has 0 heterocycles. The van der Waals surface area contributed by atoms with Crippen LogP contribution in [0.25, 0.3) is 0 Å². The van der Waals surface area contributed by atoms with Crippen LogP contribution in [0, 0.1) is 0 Å². The maximum Gasteiger partial charge on any atom is 0.277 e. The molecule has 0 bridgehead atoms. The van der Waals surface area contributed by atoms with Crippen LogP contribution in [-0.2, 0) is 11.4 Å². The van der Waals surface area contributed by atoms with Crippen LogP contribution in [0.5, 0.6) is 11.5 Å². The van der Waals surface area contributed by atoms with Gasteiger partial charge >= 0.3 is 0 Å². The van der Waals surface area contributed by atoms with Crippen molar-refractivity contribution in [1.82, 2.24) is 5.43 Å². The fourth-order valence-electron chi connectivity index (χ4n) is 2.91. The maximum atomic E-state index is 12.2. The SMILES string of the molecule is CC(C)c1cc(Br)ccc1OCC(=O)N/N=C/c1ccccc1OCc1ccccc1. The van der Waals surface area contributed by atoms with E-state index in [4.69, 9.17) is 9.47 Å². The maximum absolute atomic E-state index is 12.2. The van der Waals surface area contributed by atoms with Gasteiger partial charge in [0.05, 0.1) is 6.21 Å². The molecule has 0 aliphatic heterocycles. The van der Waals surface area contributed by atoms with Gasteiger partial charge in [-0.05, 0) is 47.4 Å². The van der Waals surface area contributed by atoms with Gasteiger partial charge in [0.15, 0.2) is 6.61 Å². The Hall–Kier alpha value is -3.12. The van der Waals surface area contributed by atoms with Crippen molar-refractivity contribution >= 4 is 28.1 Å². The second-order valence-corrected chi connectivity index (χ2v) is 8.15. The third kappa shape index (κ3) is 6.96. The lowest BCUT2D eigenvalue weighted by atomic mass is 10.0. The molecule has 0 saturated carbocycles. The quantitative estimate of drug-likeness (QED) is 0.316. The van der Waals surface area contributed by atoms with E-state index in [1.54, 1.807) is 6.21 Å². The fourth-order valence-corrected chi connectivity index (χ4v) is 3.28. The molecule has 0 aliphatic rings. The molecule has 0 saturated heterocycles. The molecule has 3 aromatic rings.